The molecule has 1 atom stereocenters. The van der Waals surface area contributed by atoms with Crippen molar-refractivity contribution in [3.63, 3.8) is 0 Å². The minimum atomic E-state index is -0.594. The topological polar surface area (TPSA) is 35.5 Å². The van der Waals surface area contributed by atoms with Crippen molar-refractivity contribution in [2.24, 2.45) is 5.92 Å². The first-order valence-electron chi connectivity index (χ1n) is 6.02. The van der Waals surface area contributed by atoms with Crippen molar-refractivity contribution in [2.75, 3.05) is 6.61 Å². The highest BCUT2D eigenvalue weighted by molar-refractivity contribution is 5.60. The average molecular weight is 228 g/mol. The Balaban J connectivity index is 4.15. The molecule has 0 rings (SSSR count). The largest absolute Gasteiger partial charge is 0.509 e. The Morgan fingerprint density at radius 1 is 1.38 bits per heavy atom. The van der Waals surface area contributed by atoms with Crippen LogP contribution in [-0.4, -0.2) is 18.4 Å². The van der Waals surface area contributed by atoms with Crippen LogP contribution in [0.25, 0.3) is 0 Å². The minimum absolute atomic E-state index is 0.369. The van der Waals surface area contributed by atoms with E-state index in [2.05, 4.69) is 13.5 Å². The summed E-state index contributed by atoms with van der Waals surface area (Å²) in [6, 6.07) is 0. The summed E-state index contributed by atoms with van der Waals surface area (Å²) in [6.45, 7) is 12.1. The van der Waals surface area contributed by atoms with Gasteiger partial charge in [-0.3, -0.25) is 0 Å². The molecule has 94 valence electrons. The number of carbonyl (C=O) groups excluding carboxylic acids is 1. The number of hydrogen-bond acceptors (Lipinski definition) is 3. The zero-order chi connectivity index (χ0) is 12.6. The third kappa shape index (κ3) is 4.69. The number of carbonyl (C=O) groups is 1. The van der Waals surface area contributed by atoms with Crippen molar-refractivity contribution >= 4 is 6.16 Å². The molecule has 0 radical (unpaired) electrons. The van der Waals surface area contributed by atoms with Crippen LogP contribution in [0.4, 0.5) is 4.79 Å². The lowest BCUT2D eigenvalue weighted by Crippen LogP contribution is -2.32. The van der Waals surface area contributed by atoms with Gasteiger partial charge in [0.2, 0.25) is 0 Å². The number of ether oxygens (including phenoxy) is 2. The van der Waals surface area contributed by atoms with E-state index in [1.807, 2.05) is 20.8 Å². The lowest BCUT2D eigenvalue weighted by molar-refractivity contribution is -0.0189. The highest BCUT2D eigenvalue weighted by atomic mass is 16.7. The molecule has 16 heavy (non-hydrogen) atoms. The van der Waals surface area contributed by atoms with E-state index in [1.165, 1.54) is 0 Å². The molecule has 0 heterocycles. The zero-order valence-corrected chi connectivity index (χ0v) is 10.9. The highest BCUT2D eigenvalue weighted by Crippen LogP contribution is 2.22. The second-order valence-corrected chi connectivity index (χ2v) is 4.15. The van der Waals surface area contributed by atoms with E-state index in [0.717, 1.165) is 6.42 Å². The van der Waals surface area contributed by atoms with Gasteiger partial charge in [-0.25, -0.2) is 4.79 Å². The molecule has 0 aromatic heterocycles. The maximum absolute atomic E-state index is 11.5. The van der Waals surface area contributed by atoms with Crippen LogP contribution in [0.5, 0.6) is 0 Å². The molecule has 0 amide bonds. The van der Waals surface area contributed by atoms with Crippen LogP contribution in [0.1, 0.15) is 47.0 Å². The van der Waals surface area contributed by atoms with Crippen molar-refractivity contribution in [2.45, 2.75) is 52.6 Å². The van der Waals surface area contributed by atoms with Crippen LogP contribution in [0.2, 0.25) is 0 Å². The van der Waals surface area contributed by atoms with Crippen molar-refractivity contribution in [1.29, 1.82) is 0 Å². The van der Waals surface area contributed by atoms with E-state index < -0.39 is 11.8 Å². The molecular formula is C13H24O3. The normalized spacial score (nSPS) is 13.0. The van der Waals surface area contributed by atoms with Crippen LogP contribution in [-0.2, 0) is 9.47 Å². The molecule has 0 aromatic carbocycles. The van der Waals surface area contributed by atoms with E-state index in [0.29, 0.717) is 25.4 Å². The van der Waals surface area contributed by atoms with Crippen LogP contribution in [0.3, 0.4) is 0 Å². The molecule has 0 aliphatic rings. The quantitative estimate of drug-likeness (QED) is 0.489. The van der Waals surface area contributed by atoms with Gasteiger partial charge >= 0.3 is 6.16 Å². The molecule has 0 aliphatic carbocycles. The summed E-state index contributed by atoms with van der Waals surface area (Å²) in [7, 11) is 0. The first kappa shape index (κ1) is 15.0. The van der Waals surface area contributed by atoms with Crippen LogP contribution < -0.4 is 0 Å². The van der Waals surface area contributed by atoms with E-state index in [9.17, 15) is 4.79 Å². The number of rotatable bonds is 7. The molecular weight excluding hydrogens is 204 g/mol. The predicted molar refractivity (Wildman–Crippen MR) is 65.4 cm³/mol. The lowest BCUT2D eigenvalue weighted by Gasteiger charge is -2.27. The van der Waals surface area contributed by atoms with Gasteiger partial charge in [0.15, 0.2) is 0 Å². The maximum Gasteiger partial charge on any atom is 0.509 e. The lowest BCUT2D eigenvalue weighted by atomic mass is 9.98. The second kappa shape index (κ2) is 7.31. The Hall–Kier alpha value is -0.990. The first-order valence-corrected chi connectivity index (χ1v) is 6.02. The Bertz CT molecular complexity index is 219. The van der Waals surface area contributed by atoms with Gasteiger partial charge in [-0.15, -0.1) is 0 Å². The van der Waals surface area contributed by atoms with Crippen LogP contribution in [0.15, 0.2) is 12.7 Å². The van der Waals surface area contributed by atoms with E-state index in [4.69, 9.17) is 9.47 Å². The second-order valence-electron chi connectivity index (χ2n) is 4.15. The summed E-state index contributed by atoms with van der Waals surface area (Å²) in [5.41, 5.74) is -0.577. The molecule has 1 unspecified atom stereocenters. The number of hydrogen-bond donors (Lipinski definition) is 0. The SMILES string of the molecule is C=CC(CC)(CC)OC(=O)OCC(C)CC. The van der Waals surface area contributed by atoms with Gasteiger partial charge in [0.25, 0.3) is 0 Å². The van der Waals surface area contributed by atoms with Gasteiger partial charge < -0.3 is 9.47 Å². The fraction of sp³-hybridized carbons (Fsp3) is 0.769. The molecule has 0 aromatic rings. The minimum Gasteiger partial charge on any atom is -0.434 e. The summed E-state index contributed by atoms with van der Waals surface area (Å²) >= 11 is 0. The van der Waals surface area contributed by atoms with Crippen molar-refractivity contribution in [1.82, 2.24) is 0 Å². The van der Waals surface area contributed by atoms with Gasteiger partial charge in [0, 0.05) is 0 Å². The molecule has 0 N–H and O–H groups in total. The smallest absolute Gasteiger partial charge is 0.434 e. The first-order chi connectivity index (χ1) is 7.53. The molecule has 0 aliphatic heterocycles. The molecule has 3 heteroatoms. The van der Waals surface area contributed by atoms with E-state index in [-0.39, 0.29) is 0 Å². The summed E-state index contributed by atoms with van der Waals surface area (Å²) in [6.07, 6.45) is 3.50. The van der Waals surface area contributed by atoms with E-state index >= 15 is 0 Å². The molecule has 0 bridgehead atoms. The van der Waals surface area contributed by atoms with Crippen LogP contribution >= 0.6 is 0 Å². The van der Waals surface area contributed by atoms with Crippen LogP contribution in [0, 0.1) is 5.92 Å². The third-order valence-electron chi connectivity index (χ3n) is 3.04. The van der Waals surface area contributed by atoms with E-state index in [1.54, 1.807) is 6.08 Å². The molecule has 0 spiro atoms. The summed E-state index contributed by atoms with van der Waals surface area (Å²) in [5.74, 6) is 0.369. The van der Waals surface area contributed by atoms with Crippen molar-refractivity contribution in [3.05, 3.63) is 12.7 Å². The molecule has 3 nitrogen and oxygen atoms in total. The van der Waals surface area contributed by atoms with Gasteiger partial charge in [-0.05, 0) is 24.8 Å². The summed E-state index contributed by atoms with van der Waals surface area (Å²) in [5, 5.41) is 0. The van der Waals surface area contributed by atoms with Gasteiger partial charge in [0.1, 0.15) is 5.60 Å². The summed E-state index contributed by atoms with van der Waals surface area (Å²) < 4.78 is 10.3. The Morgan fingerprint density at radius 2 is 1.94 bits per heavy atom. The highest BCUT2D eigenvalue weighted by Gasteiger charge is 2.27. The predicted octanol–water partition coefficient (Wildman–Crippen LogP) is 3.93. The Morgan fingerprint density at radius 3 is 2.31 bits per heavy atom. The Labute approximate surface area is 98.8 Å². The zero-order valence-electron chi connectivity index (χ0n) is 10.9. The van der Waals surface area contributed by atoms with Gasteiger partial charge in [0.05, 0.1) is 6.61 Å². The molecule has 0 fully saturated rings. The van der Waals surface area contributed by atoms with Gasteiger partial charge in [-0.1, -0.05) is 40.7 Å². The third-order valence-corrected chi connectivity index (χ3v) is 3.04. The van der Waals surface area contributed by atoms with Crippen molar-refractivity contribution in [3.8, 4) is 0 Å². The summed E-state index contributed by atoms with van der Waals surface area (Å²) in [4.78, 5) is 11.5. The molecule has 0 saturated carbocycles. The monoisotopic (exact) mass is 228 g/mol. The molecule has 0 saturated heterocycles. The Kier molecular flexibility index (Phi) is 6.86. The fourth-order valence-corrected chi connectivity index (χ4v) is 1.25. The standard InChI is InChI=1S/C13H24O3/c1-6-11(5)10-15-12(14)16-13(7-2,8-3)9-4/h7,11H,2,6,8-10H2,1,3-5H3. The maximum atomic E-state index is 11.5. The van der Waals surface area contributed by atoms with Crippen molar-refractivity contribution < 1.29 is 14.3 Å². The fourth-order valence-electron chi connectivity index (χ4n) is 1.25. The average Bonchev–Trinajstić information content (AvgIpc) is 2.33. The van der Waals surface area contributed by atoms with Gasteiger partial charge in [-0.2, -0.15) is 0 Å².